The molecule has 1 aromatic rings. The minimum atomic E-state index is -0.0168. The van der Waals surface area contributed by atoms with E-state index in [9.17, 15) is 0 Å². The Hall–Kier alpha value is -1.22. The van der Waals surface area contributed by atoms with Crippen molar-refractivity contribution < 1.29 is 9.47 Å². The number of benzene rings is 1. The van der Waals surface area contributed by atoms with E-state index in [2.05, 4.69) is 19.1 Å². The molecule has 2 aliphatic carbocycles. The summed E-state index contributed by atoms with van der Waals surface area (Å²) in [5.41, 5.74) is 7.60. The molecule has 0 aliphatic heterocycles. The second-order valence-electron chi connectivity index (χ2n) is 7.03. The third-order valence-corrected chi connectivity index (χ3v) is 5.03. The molecule has 2 atom stereocenters. The summed E-state index contributed by atoms with van der Waals surface area (Å²) in [5, 5.41) is 0. The Morgan fingerprint density at radius 3 is 2.52 bits per heavy atom. The molecular weight excluding hydrogens is 262 g/mol. The molecule has 0 heterocycles. The lowest BCUT2D eigenvalue weighted by Gasteiger charge is -2.20. The first-order chi connectivity index (χ1) is 10.1. The number of nitrogens with two attached hydrogens (primary N) is 1. The van der Waals surface area contributed by atoms with Crippen molar-refractivity contribution in [2.24, 2.45) is 5.73 Å². The van der Waals surface area contributed by atoms with Crippen LogP contribution >= 0.6 is 0 Å². The monoisotopic (exact) mass is 289 g/mol. The van der Waals surface area contributed by atoms with E-state index >= 15 is 0 Å². The van der Waals surface area contributed by atoms with Gasteiger partial charge in [0, 0.05) is 5.54 Å². The van der Waals surface area contributed by atoms with Crippen molar-refractivity contribution in [3.63, 3.8) is 0 Å². The van der Waals surface area contributed by atoms with E-state index in [0.717, 1.165) is 37.2 Å². The Bertz CT molecular complexity index is 492. The van der Waals surface area contributed by atoms with E-state index in [4.69, 9.17) is 15.2 Å². The van der Waals surface area contributed by atoms with Gasteiger partial charge in [-0.25, -0.2) is 0 Å². The first-order valence-corrected chi connectivity index (χ1v) is 8.21. The van der Waals surface area contributed by atoms with Crippen LogP contribution in [0.3, 0.4) is 0 Å². The van der Waals surface area contributed by atoms with Gasteiger partial charge >= 0.3 is 0 Å². The molecule has 1 aromatic carbocycles. The van der Waals surface area contributed by atoms with E-state index in [1.165, 1.54) is 24.8 Å². The van der Waals surface area contributed by atoms with Gasteiger partial charge in [-0.2, -0.15) is 0 Å². The summed E-state index contributed by atoms with van der Waals surface area (Å²) in [6.45, 7) is 2.16. The highest BCUT2D eigenvalue weighted by atomic mass is 16.5. The average Bonchev–Trinajstić information content (AvgIpc) is 3.08. The minimum absolute atomic E-state index is 0.0168. The van der Waals surface area contributed by atoms with E-state index in [0.29, 0.717) is 12.0 Å². The van der Waals surface area contributed by atoms with Crippen LogP contribution in [0.1, 0.15) is 63.4 Å². The van der Waals surface area contributed by atoms with Crippen LogP contribution in [0.15, 0.2) is 18.2 Å². The van der Waals surface area contributed by atoms with Crippen LogP contribution in [0.2, 0.25) is 0 Å². The summed E-state index contributed by atoms with van der Waals surface area (Å²) in [4.78, 5) is 0. The van der Waals surface area contributed by atoms with Gasteiger partial charge in [-0.05, 0) is 75.5 Å². The maximum atomic E-state index is 6.28. The first-order valence-electron chi connectivity index (χ1n) is 8.21. The summed E-state index contributed by atoms with van der Waals surface area (Å²) < 4.78 is 11.7. The zero-order valence-corrected chi connectivity index (χ0v) is 13.2. The van der Waals surface area contributed by atoms with Crippen molar-refractivity contribution >= 4 is 0 Å². The second-order valence-corrected chi connectivity index (χ2v) is 7.03. The normalized spacial score (nSPS) is 29.8. The summed E-state index contributed by atoms with van der Waals surface area (Å²) in [7, 11) is 1.71. The van der Waals surface area contributed by atoms with Gasteiger partial charge in [-0.3, -0.25) is 0 Å². The highest BCUT2D eigenvalue weighted by Gasteiger charge is 2.32. The molecule has 0 aromatic heterocycles. The Balaban J connectivity index is 1.79. The van der Waals surface area contributed by atoms with Gasteiger partial charge in [-0.15, -0.1) is 0 Å². The Morgan fingerprint density at radius 1 is 1.14 bits per heavy atom. The van der Waals surface area contributed by atoms with Gasteiger partial charge in [0.15, 0.2) is 11.5 Å². The van der Waals surface area contributed by atoms with Gasteiger partial charge < -0.3 is 15.2 Å². The predicted octanol–water partition coefficient (Wildman–Crippen LogP) is 4.00. The Labute approximate surface area is 127 Å². The van der Waals surface area contributed by atoms with Crippen molar-refractivity contribution in [2.45, 2.75) is 69.4 Å². The van der Waals surface area contributed by atoms with Crippen LogP contribution in [0.25, 0.3) is 0 Å². The van der Waals surface area contributed by atoms with E-state index in [1.54, 1.807) is 7.11 Å². The lowest BCUT2D eigenvalue weighted by Crippen LogP contribution is -2.32. The molecule has 0 saturated heterocycles. The van der Waals surface area contributed by atoms with Gasteiger partial charge in [0.1, 0.15) is 0 Å². The molecule has 2 saturated carbocycles. The molecule has 3 nitrogen and oxygen atoms in total. The summed E-state index contributed by atoms with van der Waals surface area (Å²) in [5.74, 6) is 2.31. The molecule has 0 amide bonds. The maximum Gasteiger partial charge on any atom is 0.161 e. The molecule has 0 spiro atoms. The molecule has 2 unspecified atom stereocenters. The van der Waals surface area contributed by atoms with Crippen molar-refractivity contribution in [2.75, 3.05) is 7.11 Å². The van der Waals surface area contributed by atoms with E-state index < -0.39 is 0 Å². The number of rotatable bonds is 4. The van der Waals surface area contributed by atoms with Crippen molar-refractivity contribution in [3.8, 4) is 11.5 Å². The van der Waals surface area contributed by atoms with Crippen LogP contribution in [0.5, 0.6) is 11.5 Å². The van der Waals surface area contributed by atoms with Crippen molar-refractivity contribution in [3.05, 3.63) is 23.8 Å². The summed E-state index contributed by atoms with van der Waals surface area (Å²) in [6.07, 6.45) is 8.57. The standard InChI is InChI=1S/C18H27NO2/c1-18(19)10-9-14(12-18)13-7-8-16(20-2)17(11-13)21-15-5-3-4-6-15/h7-8,11,14-15H,3-6,9-10,12,19H2,1-2H3. The molecule has 3 heteroatoms. The molecule has 21 heavy (non-hydrogen) atoms. The van der Waals surface area contributed by atoms with Crippen molar-refractivity contribution in [1.82, 2.24) is 0 Å². The number of hydrogen-bond donors (Lipinski definition) is 1. The van der Waals surface area contributed by atoms with Gasteiger partial charge in [0.25, 0.3) is 0 Å². The van der Waals surface area contributed by atoms with E-state index in [-0.39, 0.29) is 5.54 Å². The maximum absolute atomic E-state index is 6.28. The van der Waals surface area contributed by atoms with Crippen LogP contribution in [-0.2, 0) is 0 Å². The van der Waals surface area contributed by atoms with Crippen molar-refractivity contribution in [1.29, 1.82) is 0 Å². The van der Waals surface area contributed by atoms with Gasteiger partial charge in [0.05, 0.1) is 13.2 Å². The third kappa shape index (κ3) is 3.34. The molecule has 3 rings (SSSR count). The zero-order valence-electron chi connectivity index (χ0n) is 13.2. The number of hydrogen-bond acceptors (Lipinski definition) is 3. The first kappa shape index (κ1) is 14.7. The molecule has 2 aliphatic rings. The predicted molar refractivity (Wildman–Crippen MR) is 85.1 cm³/mol. The second kappa shape index (κ2) is 5.88. The minimum Gasteiger partial charge on any atom is -0.493 e. The number of ether oxygens (including phenoxy) is 2. The topological polar surface area (TPSA) is 44.5 Å². The number of methoxy groups -OCH3 is 1. The van der Waals surface area contributed by atoms with Crippen LogP contribution < -0.4 is 15.2 Å². The van der Waals surface area contributed by atoms with Crippen LogP contribution in [-0.4, -0.2) is 18.8 Å². The zero-order chi connectivity index (χ0) is 14.9. The molecule has 2 fully saturated rings. The average molecular weight is 289 g/mol. The quantitative estimate of drug-likeness (QED) is 0.911. The smallest absolute Gasteiger partial charge is 0.161 e. The fourth-order valence-corrected chi connectivity index (χ4v) is 3.78. The molecule has 0 bridgehead atoms. The molecule has 0 radical (unpaired) electrons. The van der Waals surface area contributed by atoms with E-state index in [1.807, 2.05) is 6.07 Å². The Kier molecular flexibility index (Phi) is 4.12. The molecule has 2 N–H and O–H groups in total. The highest BCUT2D eigenvalue weighted by molar-refractivity contribution is 5.44. The summed E-state index contributed by atoms with van der Waals surface area (Å²) >= 11 is 0. The van der Waals surface area contributed by atoms with Gasteiger partial charge in [-0.1, -0.05) is 6.07 Å². The SMILES string of the molecule is COc1ccc(C2CCC(C)(N)C2)cc1OC1CCCC1. The largest absolute Gasteiger partial charge is 0.493 e. The lowest BCUT2D eigenvalue weighted by molar-refractivity contribution is 0.200. The van der Waals surface area contributed by atoms with Gasteiger partial charge in [0.2, 0.25) is 0 Å². The molecule has 116 valence electrons. The fraction of sp³-hybridized carbons (Fsp3) is 0.667. The lowest BCUT2D eigenvalue weighted by atomic mass is 9.94. The highest BCUT2D eigenvalue weighted by Crippen LogP contribution is 2.42. The summed E-state index contributed by atoms with van der Waals surface area (Å²) in [6, 6.07) is 6.40. The van der Waals surface area contributed by atoms with Crippen LogP contribution in [0, 0.1) is 0 Å². The fourth-order valence-electron chi connectivity index (χ4n) is 3.78. The Morgan fingerprint density at radius 2 is 1.90 bits per heavy atom. The molecular formula is C18H27NO2. The third-order valence-electron chi connectivity index (χ3n) is 5.03. The van der Waals surface area contributed by atoms with Crippen LogP contribution in [0.4, 0.5) is 0 Å².